The third kappa shape index (κ3) is 7.40. The number of hydrogen-bond donors (Lipinski definition) is 1. The van der Waals surface area contributed by atoms with Gasteiger partial charge in [0.15, 0.2) is 0 Å². The Morgan fingerprint density at radius 1 is 1.07 bits per heavy atom. The smallest absolute Gasteiger partial charge is 0.872 e. The van der Waals surface area contributed by atoms with Crippen LogP contribution in [0.15, 0.2) is 80.1 Å². The molecule has 0 bridgehead atoms. The molecule has 1 heterocycles. The summed E-state index contributed by atoms with van der Waals surface area (Å²) in [5.74, 6) is -0.842. The van der Waals surface area contributed by atoms with Gasteiger partial charge < -0.3 is 20.4 Å². The van der Waals surface area contributed by atoms with E-state index in [2.05, 4.69) is 10.2 Å². The maximum absolute atomic E-state index is 11.8. The molecule has 0 aliphatic heterocycles. The largest absolute Gasteiger partial charge is 2.00 e. The number of nitrogens with zero attached hydrogens (tertiary/aromatic N) is 2. The maximum Gasteiger partial charge on any atom is 2.00 e. The van der Waals surface area contributed by atoms with Crippen molar-refractivity contribution in [3.63, 3.8) is 0 Å². The summed E-state index contributed by atoms with van der Waals surface area (Å²) in [6.07, 6.45) is 0. The van der Waals surface area contributed by atoms with Crippen molar-refractivity contribution in [2.45, 2.75) is 13.8 Å². The van der Waals surface area contributed by atoms with E-state index in [4.69, 9.17) is 21.8 Å². The average molecular weight is 475 g/mol. The van der Waals surface area contributed by atoms with Crippen LogP contribution < -0.4 is 21.6 Å². The molecule has 159 valence electrons. The average Bonchev–Trinajstić information content (AvgIpc) is 2.69. The molecule has 0 saturated carbocycles. The molecule has 1 radical (unpaired) electrons. The molecule has 0 aliphatic rings. The summed E-state index contributed by atoms with van der Waals surface area (Å²) < 4.78 is 4.84. The fraction of sp³-hybridized carbons (Fsp3) is 0.0952. The van der Waals surface area contributed by atoms with Crippen molar-refractivity contribution in [1.82, 2.24) is 0 Å². The van der Waals surface area contributed by atoms with Crippen LogP contribution in [0, 0.1) is 6.92 Å². The van der Waals surface area contributed by atoms with Gasteiger partial charge in [-0.1, -0.05) is 47.7 Å². The number of rotatable bonds is 3. The summed E-state index contributed by atoms with van der Waals surface area (Å²) in [5.41, 5.74) is 5.51. The van der Waals surface area contributed by atoms with Gasteiger partial charge in [-0.25, -0.2) is 4.79 Å². The quantitative estimate of drug-likeness (QED) is 0.205. The fourth-order valence-electron chi connectivity index (χ4n) is 2.18. The third-order valence-electron chi connectivity index (χ3n) is 3.58. The molecule has 0 atom stereocenters. The van der Waals surface area contributed by atoms with E-state index in [0.29, 0.717) is 5.56 Å². The molecular formula is C21H18ClCuN3O4. The van der Waals surface area contributed by atoms with Crippen LogP contribution in [0.5, 0.6) is 5.75 Å². The molecule has 0 amide bonds. The Morgan fingerprint density at radius 2 is 1.67 bits per heavy atom. The molecule has 9 heteroatoms. The Hall–Kier alpha value is -3.06. The predicted octanol–water partition coefficient (Wildman–Crippen LogP) is 2.47. The van der Waals surface area contributed by atoms with Crippen molar-refractivity contribution >= 4 is 28.9 Å². The van der Waals surface area contributed by atoms with Gasteiger partial charge >= 0.3 is 22.7 Å². The van der Waals surface area contributed by atoms with Crippen molar-refractivity contribution in [2.24, 2.45) is 10.2 Å². The third-order valence-corrected chi connectivity index (χ3v) is 3.83. The van der Waals surface area contributed by atoms with Crippen LogP contribution in [0.25, 0.3) is 0 Å². The van der Waals surface area contributed by atoms with E-state index in [9.17, 15) is 15.0 Å². The summed E-state index contributed by atoms with van der Waals surface area (Å²) in [6, 6.07) is 16.6. The normalized spacial score (nSPS) is 11.2. The number of benzene rings is 2. The van der Waals surface area contributed by atoms with Gasteiger partial charge in [-0.15, -0.1) is 0 Å². The Kier molecular flexibility index (Phi) is 9.84. The minimum atomic E-state index is -0.788. The molecule has 3 rings (SSSR count). The number of hydrogen-bond acceptors (Lipinski definition) is 7. The summed E-state index contributed by atoms with van der Waals surface area (Å²) in [4.78, 5) is 11.6. The molecule has 2 aromatic carbocycles. The number of nitrogens with two attached hydrogens (primary N) is 1. The van der Waals surface area contributed by atoms with Crippen LogP contribution in [0.4, 0.5) is 5.69 Å². The Bertz CT molecular complexity index is 1060. The van der Waals surface area contributed by atoms with Crippen LogP contribution in [-0.2, 0) is 17.1 Å². The Balaban J connectivity index is 0.000000421. The van der Waals surface area contributed by atoms with Gasteiger partial charge in [0.1, 0.15) is 5.76 Å². The Morgan fingerprint density at radius 3 is 2.20 bits per heavy atom. The van der Waals surface area contributed by atoms with E-state index in [0.717, 1.165) is 10.7 Å². The number of halogens is 1. The number of anilines is 1. The Labute approximate surface area is 189 Å². The summed E-state index contributed by atoms with van der Waals surface area (Å²) in [5, 5.41) is 31.4. The van der Waals surface area contributed by atoms with Crippen molar-refractivity contribution in [3.05, 3.63) is 93.0 Å². The maximum atomic E-state index is 11.8. The second-order valence-corrected chi connectivity index (χ2v) is 6.33. The molecule has 0 unspecified atom stereocenters. The van der Waals surface area contributed by atoms with E-state index in [1.54, 1.807) is 54.6 Å². The van der Waals surface area contributed by atoms with Gasteiger partial charge in [0.05, 0.1) is 11.3 Å². The van der Waals surface area contributed by atoms with Gasteiger partial charge in [-0.2, -0.15) is 10.2 Å². The molecule has 0 fully saturated rings. The zero-order chi connectivity index (χ0) is 21.4. The minimum Gasteiger partial charge on any atom is -0.872 e. The van der Waals surface area contributed by atoms with Crippen LogP contribution in [0.3, 0.4) is 0 Å². The van der Waals surface area contributed by atoms with Crippen molar-refractivity contribution in [1.29, 1.82) is 0 Å². The molecule has 0 aliphatic carbocycles. The molecule has 3 aromatic rings. The van der Waals surface area contributed by atoms with Crippen LogP contribution in [0.1, 0.15) is 23.8 Å². The molecule has 30 heavy (non-hydrogen) atoms. The van der Waals surface area contributed by atoms with Crippen LogP contribution in [0.2, 0.25) is 5.02 Å². The summed E-state index contributed by atoms with van der Waals surface area (Å²) in [7, 11) is 0. The van der Waals surface area contributed by atoms with E-state index in [1.165, 1.54) is 19.9 Å². The monoisotopic (exact) mass is 474 g/mol. The first-order valence-electron chi connectivity index (χ1n) is 8.45. The zero-order valence-corrected chi connectivity index (χ0v) is 17.8. The van der Waals surface area contributed by atoms with Crippen molar-refractivity contribution in [3.8, 4) is 5.75 Å². The van der Waals surface area contributed by atoms with Crippen LogP contribution >= 0.6 is 11.6 Å². The second kappa shape index (κ2) is 11.8. The van der Waals surface area contributed by atoms with Gasteiger partial charge in [0.25, 0.3) is 0 Å². The summed E-state index contributed by atoms with van der Waals surface area (Å²) >= 11 is 5.56. The first kappa shape index (κ1) is 25.0. The van der Waals surface area contributed by atoms with Gasteiger partial charge in [0, 0.05) is 16.6 Å². The fourth-order valence-corrected chi connectivity index (χ4v) is 2.31. The van der Waals surface area contributed by atoms with Gasteiger partial charge in [-0.3, -0.25) is 0 Å². The number of aryl methyl sites for hydroxylation is 1. The van der Waals surface area contributed by atoms with Gasteiger partial charge in [0.2, 0.25) is 0 Å². The molecule has 7 nitrogen and oxygen atoms in total. The van der Waals surface area contributed by atoms with E-state index in [-0.39, 0.29) is 34.1 Å². The molecule has 0 saturated heterocycles. The first-order valence-corrected chi connectivity index (χ1v) is 8.83. The minimum absolute atomic E-state index is 0. The molecule has 0 spiro atoms. The van der Waals surface area contributed by atoms with Crippen molar-refractivity contribution < 1.29 is 31.7 Å². The molecular weight excluding hydrogens is 457 g/mol. The SMILES string of the molecule is C/C(=N\N=C(/[O-])c1ccccc1)c1c([O-])cc(C)oc1=O.Nc1ccc(Cl)cc1.[Cu+2]. The molecule has 1 aromatic heterocycles. The second-order valence-electron chi connectivity index (χ2n) is 5.89. The van der Waals surface area contributed by atoms with Gasteiger partial charge in [-0.05, 0) is 49.7 Å². The predicted molar refractivity (Wildman–Crippen MR) is 110 cm³/mol. The van der Waals surface area contributed by atoms with E-state index < -0.39 is 17.3 Å². The zero-order valence-electron chi connectivity index (χ0n) is 16.1. The standard InChI is InChI=1S/C15H14N2O4.C6H6ClN.Cu/c1-9-8-12(18)13(15(20)21-9)10(2)16-17-14(19)11-6-4-3-5-7-11;7-5-1-3-6(8)4-2-5;/h3-8,18H,1-2H3,(H,17,19);1-4H,8H2;/q;;+2/p-2/b16-10+;;. The molecule has 2 N–H and O–H groups in total. The topological polar surface area (TPSA) is 127 Å². The summed E-state index contributed by atoms with van der Waals surface area (Å²) in [6.45, 7) is 2.92. The van der Waals surface area contributed by atoms with E-state index >= 15 is 0 Å². The van der Waals surface area contributed by atoms with E-state index in [1.807, 2.05) is 0 Å². The first-order chi connectivity index (χ1) is 13.8. The number of nitrogen functional groups attached to an aromatic ring is 1. The van der Waals surface area contributed by atoms with Crippen LogP contribution in [-0.4, -0.2) is 11.6 Å². The van der Waals surface area contributed by atoms with Crippen molar-refractivity contribution in [2.75, 3.05) is 5.73 Å².